The number of benzene rings is 2. The maximum atomic E-state index is 2.64. The van der Waals surface area contributed by atoms with Gasteiger partial charge in [-0.15, -0.1) is 24.2 Å². The van der Waals surface area contributed by atoms with Crippen LogP contribution in [0.15, 0.2) is 59.5 Å². The van der Waals surface area contributed by atoms with Crippen LogP contribution < -0.4 is 0 Å². The Kier molecular flexibility index (Phi) is 6.68. The largest absolute Gasteiger partial charge is 0.347 e. The number of piperidine rings is 1. The molecule has 0 bridgehead atoms. The third-order valence-corrected chi connectivity index (χ3v) is 6.32. The predicted molar refractivity (Wildman–Crippen MR) is 115 cm³/mol. The average Bonchev–Trinajstić information content (AvgIpc) is 2.94. The van der Waals surface area contributed by atoms with Crippen LogP contribution in [0.2, 0.25) is 0 Å². The van der Waals surface area contributed by atoms with E-state index >= 15 is 0 Å². The quantitative estimate of drug-likeness (QED) is 0.506. The van der Waals surface area contributed by atoms with Crippen LogP contribution in [0.1, 0.15) is 30.5 Å². The van der Waals surface area contributed by atoms with Crippen LogP contribution in [-0.4, -0.2) is 22.6 Å². The molecule has 0 spiro atoms. The molecule has 4 heteroatoms. The van der Waals surface area contributed by atoms with Crippen molar-refractivity contribution in [2.45, 2.75) is 36.5 Å². The maximum Gasteiger partial charge on any atom is 0.0483 e. The number of thioether (sulfide) groups is 1. The Morgan fingerprint density at radius 3 is 2.35 bits per heavy atom. The molecule has 0 saturated carbocycles. The van der Waals surface area contributed by atoms with Gasteiger partial charge in [0.05, 0.1) is 0 Å². The highest BCUT2D eigenvalue weighted by Gasteiger charge is 2.19. The van der Waals surface area contributed by atoms with Gasteiger partial charge in [0.1, 0.15) is 0 Å². The van der Waals surface area contributed by atoms with Crippen LogP contribution in [0.25, 0.3) is 10.9 Å². The first-order valence-electron chi connectivity index (χ1n) is 9.28. The molecule has 26 heavy (non-hydrogen) atoms. The van der Waals surface area contributed by atoms with Crippen LogP contribution in [0.4, 0.5) is 0 Å². The first-order chi connectivity index (χ1) is 12.3. The average molecular weight is 387 g/mol. The summed E-state index contributed by atoms with van der Waals surface area (Å²) in [6.07, 6.45) is 4.08. The van der Waals surface area contributed by atoms with Crippen LogP contribution in [0.3, 0.4) is 0 Å². The molecule has 0 atom stereocenters. The fraction of sp³-hybridized carbons (Fsp3) is 0.364. The Morgan fingerprint density at radius 1 is 0.885 bits per heavy atom. The minimum Gasteiger partial charge on any atom is -0.347 e. The zero-order chi connectivity index (χ0) is 17.1. The van der Waals surface area contributed by atoms with E-state index < -0.39 is 0 Å². The van der Waals surface area contributed by atoms with Gasteiger partial charge in [-0.1, -0.05) is 42.8 Å². The van der Waals surface area contributed by atoms with Gasteiger partial charge in [0, 0.05) is 40.8 Å². The van der Waals surface area contributed by atoms with Gasteiger partial charge < -0.3 is 4.57 Å². The standard InChI is InChI=1S/C22H26N2S.ClH/c1-23-21-13-7-6-12-19(21)20(16-24-14-8-3-9-15-24)22(23)17-25-18-10-4-2-5-11-18;/h2,4-7,10-13H,3,8-9,14-17H2,1H3;1H. The van der Waals surface area contributed by atoms with Crippen LogP contribution in [0.5, 0.6) is 0 Å². The van der Waals surface area contributed by atoms with Crippen molar-refractivity contribution in [3.05, 3.63) is 65.9 Å². The number of aromatic nitrogens is 1. The highest BCUT2D eigenvalue weighted by atomic mass is 35.5. The molecule has 2 aromatic carbocycles. The van der Waals surface area contributed by atoms with Crippen molar-refractivity contribution in [3.63, 3.8) is 0 Å². The Hall–Kier alpha value is -1.42. The summed E-state index contributed by atoms with van der Waals surface area (Å²) in [6.45, 7) is 3.58. The highest BCUT2D eigenvalue weighted by molar-refractivity contribution is 7.98. The molecule has 0 amide bonds. The van der Waals surface area contributed by atoms with Gasteiger partial charge in [-0.3, -0.25) is 4.90 Å². The second-order valence-electron chi connectivity index (χ2n) is 6.94. The molecule has 0 unspecified atom stereocenters. The van der Waals surface area contributed by atoms with E-state index in [0.29, 0.717) is 0 Å². The van der Waals surface area contributed by atoms with E-state index in [2.05, 4.69) is 71.1 Å². The van der Waals surface area contributed by atoms with Crippen molar-refractivity contribution in [2.75, 3.05) is 13.1 Å². The van der Waals surface area contributed by atoms with Crippen LogP contribution in [0, 0.1) is 0 Å². The number of rotatable bonds is 5. The third kappa shape index (κ3) is 4.11. The number of para-hydroxylation sites is 1. The zero-order valence-electron chi connectivity index (χ0n) is 15.4. The fourth-order valence-electron chi connectivity index (χ4n) is 3.89. The monoisotopic (exact) mass is 386 g/mol. The second-order valence-corrected chi connectivity index (χ2v) is 7.99. The number of aryl methyl sites for hydroxylation is 1. The van der Waals surface area contributed by atoms with E-state index in [1.54, 1.807) is 0 Å². The summed E-state index contributed by atoms with van der Waals surface area (Å²) >= 11 is 1.94. The molecule has 3 aromatic rings. The lowest BCUT2D eigenvalue weighted by molar-refractivity contribution is 0.221. The van der Waals surface area contributed by atoms with Gasteiger partial charge >= 0.3 is 0 Å². The molecular weight excluding hydrogens is 360 g/mol. The fourth-order valence-corrected chi connectivity index (χ4v) is 4.92. The van der Waals surface area contributed by atoms with E-state index in [1.807, 2.05) is 11.8 Å². The number of hydrogen-bond donors (Lipinski definition) is 0. The van der Waals surface area contributed by atoms with Crippen molar-refractivity contribution in [1.82, 2.24) is 9.47 Å². The minimum atomic E-state index is 0. The molecule has 1 fully saturated rings. The molecule has 1 aliphatic rings. The van der Waals surface area contributed by atoms with Crippen LogP contribution in [-0.2, 0) is 19.3 Å². The molecule has 2 heterocycles. The summed E-state index contributed by atoms with van der Waals surface area (Å²) in [5.41, 5.74) is 4.36. The Morgan fingerprint density at radius 2 is 1.58 bits per heavy atom. The summed E-state index contributed by atoms with van der Waals surface area (Å²) < 4.78 is 2.41. The lowest BCUT2D eigenvalue weighted by Gasteiger charge is -2.26. The first-order valence-corrected chi connectivity index (χ1v) is 10.3. The maximum absolute atomic E-state index is 2.64. The van der Waals surface area contributed by atoms with Gasteiger partial charge in [0.15, 0.2) is 0 Å². The number of likely N-dealkylation sites (tertiary alicyclic amines) is 1. The number of nitrogens with zero attached hydrogens (tertiary/aromatic N) is 2. The minimum absolute atomic E-state index is 0. The molecule has 0 radical (unpaired) electrons. The summed E-state index contributed by atoms with van der Waals surface area (Å²) in [5.74, 6) is 1.03. The van der Waals surface area contributed by atoms with Crippen LogP contribution >= 0.6 is 24.2 Å². The van der Waals surface area contributed by atoms with E-state index in [1.165, 1.54) is 59.4 Å². The normalized spacial score (nSPS) is 15.1. The molecule has 1 aliphatic heterocycles. The smallest absolute Gasteiger partial charge is 0.0483 e. The summed E-state index contributed by atoms with van der Waals surface area (Å²) in [6, 6.07) is 19.6. The second kappa shape index (κ2) is 8.98. The first kappa shape index (κ1) is 19.3. The van der Waals surface area contributed by atoms with Crippen molar-refractivity contribution in [2.24, 2.45) is 7.05 Å². The predicted octanol–water partition coefficient (Wildman–Crippen LogP) is 5.88. The SMILES string of the molecule is Cl.Cn1c(CSc2ccccc2)c(CN2CCCCC2)c2ccccc21. The van der Waals surface area contributed by atoms with E-state index in [0.717, 1.165) is 12.3 Å². The van der Waals surface area contributed by atoms with Crippen molar-refractivity contribution in [3.8, 4) is 0 Å². The van der Waals surface area contributed by atoms with Gasteiger partial charge in [-0.25, -0.2) is 0 Å². The lowest BCUT2D eigenvalue weighted by Crippen LogP contribution is -2.29. The number of fused-ring (bicyclic) bond motifs is 1. The molecule has 4 rings (SSSR count). The van der Waals surface area contributed by atoms with E-state index in [9.17, 15) is 0 Å². The third-order valence-electron chi connectivity index (χ3n) is 5.29. The van der Waals surface area contributed by atoms with E-state index in [4.69, 9.17) is 0 Å². The van der Waals surface area contributed by atoms with Crippen molar-refractivity contribution < 1.29 is 0 Å². The molecule has 2 nitrogen and oxygen atoms in total. The Labute approximate surface area is 167 Å². The summed E-state index contributed by atoms with van der Waals surface area (Å²) in [5, 5.41) is 1.43. The lowest BCUT2D eigenvalue weighted by atomic mass is 10.1. The molecule has 1 saturated heterocycles. The highest BCUT2D eigenvalue weighted by Crippen LogP contribution is 2.32. The van der Waals surface area contributed by atoms with Crippen molar-refractivity contribution >= 4 is 35.1 Å². The molecule has 0 aliphatic carbocycles. The van der Waals surface area contributed by atoms with Gasteiger partial charge in [-0.05, 0) is 49.7 Å². The van der Waals surface area contributed by atoms with Gasteiger partial charge in [0.25, 0.3) is 0 Å². The summed E-state index contributed by atoms with van der Waals surface area (Å²) in [4.78, 5) is 3.98. The zero-order valence-corrected chi connectivity index (χ0v) is 17.0. The summed E-state index contributed by atoms with van der Waals surface area (Å²) in [7, 11) is 2.23. The molecule has 0 N–H and O–H groups in total. The Balaban J connectivity index is 0.00000196. The van der Waals surface area contributed by atoms with Gasteiger partial charge in [0.2, 0.25) is 0 Å². The molecular formula is C22H27ClN2S. The molecule has 1 aromatic heterocycles. The molecule has 138 valence electrons. The van der Waals surface area contributed by atoms with Gasteiger partial charge in [-0.2, -0.15) is 0 Å². The van der Waals surface area contributed by atoms with Crippen molar-refractivity contribution in [1.29, 1.82) is 0 Å². The van der Waals surface area contributed by atoms with E-state index in [-0.39, 0.29) is 12.4 Å². The Bertz CT molecular complexity index is 838. The topological polar surface area (TPSA) is 8.17 Å². The number of hydrogen-bond acceptors (Lipinski definition) is 2. The number of halogens is 1.